The second-order valence-corrected chi connectivity index (χ2v) is 8.41. The maximum atomic E-state index is 12.9. The number of nitrogens with zero attached hydrogens (tertiary/aromatic N) is 4. The maximum absolute atomic E-state index is 12.9. The van der Waals surface area contributed by atoms with E-state index < -0.39 is 6.10 Å². The lowest BCUT2D eigenvalue weighted by Gasteiger charge is -2.32. The number of fused-ring (bicyclic) bond motifs is 1. The molecule has 0 bridgehead atoms. The van der Waals surface area contributed by atoms with E-state index in [1.807, 2.05) is 0 Å². The Kier molecular flexibility index (Phi) is 5.73. The Morgan fingerprint density at radius 1 is 1.30 bits per heavy atom. The van der Waals surface area contributed by atoms with Gasteiger partial charge in [-0.15, -0.1) is 0 Å². The predicted octanol–water partition coefficient (Wildman–Crippen LogP) is 1.11. The summed E-state index contributed by atoms with van der Waals surface area (Å²) >= 11 is 0. The van der Waals surface area contributed by atoms with Crippen LogP contribution in [0.2, 0.25) is 0 Å². The van der Waals surface area contributed by atoms with Gasteiger partial charge in [-0.25, -0.2) is 4.98 Å². The van der Waals surface area contributed by atoms with E-state index in [9.17, 15) is 14.7 Å². The van der Waals surface area contributed by atoms with Crippen LogP contribution in [0.5, 0.6) is 0 Å². The molecule has 0 aromatic carbocycles. The number of nitrogens with one attached hydrogen (secondary N) is 3. The average Bonchev–Trinajstić information content (AvgIpc) is 3.54. The Morgan fingerprint density at radius 3 is 2.85 bits per heavy atom. The summed E-state index contributed by atoms with van der Waals surface area (Å²) in [6.07, 6.45) is 6.59. The van der Waals surface area contributed by atoms with Crippen molar-refractivity contribution >= 4 is 28.9 Å². The van der Waals surface area contributed by atoms with Crippen molar-refractivity contribution in [2.45, 2.75) is 50.5 Å². The number of pyridine rings is 1. The standard InChI is InChI=1S/C22H27N7O4/c1-23-19-11-18(25-16-3-2-8-28(22(16)32)9-10-33-13-4-5-13)27-20-14(12-24-29(19)20)21(31)26-15-6-7-17(15)30/h2-3,8,11-13,15,17,23,30H,4-7,9-10H2,1H3,(H,25,27)(H,26,31). The van der Waals surface area contributed by atoms with Gasteiger partial charge in [-0.1, -0.05) is 0 Å². The monoisotopic (exact) mass is 453 g/mol. The third kappa shape index (κ3) is 4.41. The van der Waals surface area contributed by atoms with Crippen molar-refractivity contribution in [2.75, 3.05) is 24.3 Å². The molecule has 0 spiro atoms. The summed E-state index contributed by atoms with van der Waals surface area (Å²) in [5, 5.41) is 23.0. The highest BCUT2D eigenvalue weighted by molar-refractivity contribution is 6.00. The summed E-state index contributed by atoms with van der Waals surface area (Å²) in [7, 11) is 1.74. The number of anilines is 3. The van der Waals surface area contributed by atoms with Gasteiger partial charge in [0.05, 0.1) is 31.1 Å². The van der Waals surface area contributed by atoms with Crippen LogP contribution in [0.25, 0.3) is 5.65 Å². The number of carbonyl (C=O) groups excluding carboxylic acids is 1. The van der Waals surface area contributed by atoms with E-state index in [1.54, 1.807) is 36.0 Å². The van der Waals surface area contributed by atoms with Crippen LogP contribution in [-0.4, -0.2) is 62.1 Å². The van der Waals surface area contributed by atoms with Gasteiger partial charge in [0.2, 0.25) is 0 Å². The van der Waals surface area contributed by atoms with Crippen molar-refractivity contribution in [1.29, 1.82) is 0 Å². The zero-order chi connectivity index (χ0) is 22.9. The number of carbonyl (C=O) groups is 1. The molecule has 0 saturated heterocycles. The molecule has 11 nitrogen and oxygen atoms in total. The Balaban J connectivity index is 1.40. The van der Waals surface area contributed by atoms with Crippen LogP contribution in [0, 0.1) is 0 Å². The van der Waals surface area contributed by atoms with E-state index in [1.165, 1.54) is 10.7 Å². The molecule has 2 atom stereocenters. The van der Waals surface area contributed by atoms with E-state index in [-0.39, 0.29) is 23.1 Å². The Hall–Kier alpha value is -3.44. The molecule has 174 valence electrons. The van der Waals surface area contributed by atoms with Crippen molar-refractivity contribution in [2.24, 2.45) is 0 Å². The minimum atomic E-state index is -0.524. The highest BCUT2D eigenvalue weighted by Gasteiger charge is 2.31. The van der Waals surface area contributed by atoms with Crippen molar-refractivity contribution in [1.82, 2.24) is 24.5 Å². The lowest BCUT2D eigenvalue weighted by molar-refractivity contribution is 0.0448. The van der Waals surface area contributed by atoms with E-state index in [0.29, 0.717) is 48.6 Å². The number of hydrogen-bond donors (Lipinski definition) is 4. The molecular formula is C22H27N7O4. The molecule has 5 rings (SSSR count). The van der Waals surface area contributed by atoms with Crippen LogP contribution < -0.4 is 21.5 Å². The first-order chi connectivity index (χ1) is 16.0. The SMILES string of the molecule is CNc1cc(Nc2cccn(CCOC3CC3)c2=O)nc2c(C(=O)NC3CCC3O)cnn12. The number of amides is 1. The molecule has 3 aromatic heterocycles. The Labute approximate surface area is 189 Å². The predicted molar refractivity (Wildman–Crippen MR) is 122 cm³/mol. The average molecular weight is 454 g/mol. The van der Waals surface area contributed by atoms with Gasteiger partial charge in [-0.2, -0.15) is 9.61 Å². The van der Waals surface area contributed by atoms with E-state index in [2.05, 4.69) is 26.0 Å². The molecule has 2 aliphatic carbocycles. The molecule has 2 unspecified atom stereocenters. The molecule has 3 aromatic rings. The number of rotatable bonds is 9. The van der Waals surface area contributed by atoms with Gasteiger partial charge < -0.3 is 30.4 Å². The molecule has 4 N–H and O–H groups in total. The zero-order valence-corrected chi connectivity index (χ0v) is 18.3. The summed E-state index contributed by atoms with van der Waals surface area (Å²) in [4.78, 5) is 30.2. The zero-order valence-electron chi connectivity index (χ0n) is 18.3. The number of aliphatic hydroxyl groups is 1. The lowest BCUT2D eigenvalue weighted by Crippen LogP contribution is -2.50. The molecule has 11 heteroatoms. The lowest BCUT2D eigenvalue weighted by atomic mass is 9.89. The summed E-state index contributed by atoms with van der Waals surface area (Å²) in [5.41, 5.74) is 0.808. The molecule has 1 amide bonds. The van der Waals surface area contributed by atoms with Crippen molar-refractivity contribution < 1.29 is 14.6 Å². The van der Waals surface area contributed by atoms with E-state index in [0.717, 1.165) is 19.3 Å². The van der Waals surface area contributed by atoms with E-state index >= 15 is 0 Å². The van der Waals surface area contributed by atoms with Crippen molar-refractivity contribution in [3.63, 3.8) is 0 Å². The first-order valence-electron chi connectivity index (χ1n) is 11.2. The fourth-order valence-electron chi connectivity index (χ4n) is 3.76. The summed E-state index contributed by atoms with van der Waals surface area (Å²) in [6.45, 7) is 0.963. The third-order valence-corrected chi connectivity index (χ3v) is 6.02. The maximum Gasteiger partial charge on any atom is 0.274 e. The van der Waals surface area contributed by atoms with Crippen LogP contribution >= 0.6 is 0 Å². The van der Waals surface area contributed by atoms with Gasteiger partial charge in [-0.05, 0) is 37.8 Å². The number of aromatic nitrogens is 4. The van der Waals surface area contributed by atoms with Gasteiger partial charge in [0.15, 0.2) is 5.65 Å². The summed E-state index contributed by atoms with van der Waals surface area (Å²) in [5.74, 6) is 0.645. The molecule has 0 radical (unpaired) electrons. The Bertz CT molecular complexity index is 1230. The van der Waals surface area contributed by atoms with Crippen LogP contribution in [0.1, 0.15) is 36.0 Å². The fourth-order valence-corrected chi connectivity index (χ4v) is 3.76. The smallest absolute Gasteiger partial charge is 0.274 e. The molecule has 33 heavy (non-hydrogen) atoms. The topological polar surface area (TPSA) is 135 Å². The highest BCUT2D eigenvalue weighted by atomic mass is 16.5. The van der Waals surface area contributed by atoms with Crippen molar-refractivity contribution in [3.05, 3.63) is 46.5 Å². The first-order valence-corrected chi connectivity index (χ1v) is 11.2. The molecular weight excluding hydrogens is 426 g/mol. The van der Waals surface area contributed by atoms with Crippen LogP contribution in [0.3, 0.4) is 0 Å². The molecule has 2 fully saturated rings. The third-order valence-electron chi connectivity index (χ3n) is 6.02. The minimum Gasteiger partial charge on any atom is -0.391 e. The number of ether oxygens (including phenoxy) is 1. The van der Waals surface area contributed by atoms with Crippen LogP contribution in [0.4, 0.5) is 17.3 Å². The van der Waals surface area contributed by atoms with E-state index in [4.69, 9.17) is 4.74 Å². The van der Waals surface area contributed by atoms with Crippen LogP contribution in [0.15, 0.2) is 35.4 Å². The Morgan fingerprint density at radius 2 is 2.15 bits per heavy atom. The molecule has 2 aliphatic rings. The normalized spacial score (nSPS) is 19.8. The minimum absolute atomic E-state index is 0.185. The largest absolute Gasteiger partial charge is 0.391 e. The second-order valence-electron chi connectivity index (χ2n) is 8.41. The van der Waals surface area contributed by atoms with Crippen LogP contribution in [-0.2, 0) is 11.3 Å². The van der Waals surface area contributed by atoms with Gasteiger partial charge in [0.25, 0.3) is 11.5 Å². The summed E-state index contributed by atoms with van der Waals surface area (Å²) < 4.78 is 8.78. The summed E-state index contributed by atoms with van der Waals surface area (Å²) in [6, 6.07) is 4.93. The number of hydrogen-bond acceptors (Lipinski definition) is 8. The molecule has 0 aliphatic heterocycles. The fraction of sp³-hybridized carbons (Fsp3) is 0.455. The molecule has 3 heterocycles. The van der Waals surface area contributed by atoms with Gasteiger partial charge >= 0.3 is 0 Å². The van der Waals surface area contributed by atoms with Gasteiger partial charge in [0.1, 0.15) is 22.9 Å². The van der Waals surface area contributed by atoms with Crippen molar-refractivity contribution in [3.8, 4) is 0 Å². The van der Waals surface area contributed by atoms with Gasteiger partial charge in [-0.3, -0.25) is 9.59 Å². The quantitative estimate of drug-likeness (QED) is 0.378. The molecule has 2 saturated carbocycles. The first kappa shape index (κ1) is 21.4. The second kappa shape index (κ2) is 8.83. The highest BCUT2D eigenvalue weighted by Crippen LogP contribution is 2.24. The van der Waals surface area contributed by atoms with Gasteiger partial charge in [0, 0.05) is 25.9 Å². The number of aliphatic hydroxyl groups excluding tert-OH is 1.